The number of benzene rings is 1. The zero-order valence-corrected chi connectivity index (χ0v) is 16.2. The molecule has 0 fully saturated rings. The van der Waals surface area contributed by atoms with Crippen LogP contribution in [0.2, 0.25) is 0 Å². The zero-order valence-electron chi connectivity index (χ0n) is 16.2. The van der Waals surface area contributed by atoms with Crippen molar-refractivity contribution in [3.63, 3.8) is 0 Å². The van der Waals surface area contributed by atoms with E-state index in [2.05, 4.69) is 10.3 Å². The molecule has 1 aromatic heterocycles. The number of hydrogen-bond donors (Lipinski definition) is 4. The highest BCUT2D eigenvalue weighted by molar-refractivity contribution is 5.96. The molecule has 2 rings (SSSR count). The smallest absolute Gasteiger partial charge is 0.326 e. The van der Waals surface area contributed by atoms with Gasteiger partial charge in [-0.2, -0.15) is 0 Å². The van der Waals surface area contributed by atoms with E-state index in [-0.39, 0.29) is 24.5 Å². The summed E-state index contributed by atoms with van der Waals surface area (Å²) in [7, 11) is 0. The number of hydrogen-bond acceptors (Lipinski definition) is 4. The molecular weight excluding hydrogens is 374 g/mol. The molecule has 0 aliphatic carbocycles. The van der Waals surface area contributed by atoms with Crippen LogP contribution in [0.1, 0.15) is 34.3 Å². The first-order valence-electron chi connectivity index (χ1n) is 9.12. The minimum Gasteiger partial charge on any atom is -0.480 e. The molecule has 9 nitrogen and oxygen atoms in total. The molecule has 0 aliphatic rings. The predicted octanol–water partition coefficient (Wildman–Crippen LogP) is 0.442. The van der Waals surface area contributed by atoms with Gasteiger partial charge in [-0.1, -0.05) is 29.8 Å². The van der Waals surface area contributed by atoms with E-state index in [1.165, 1.54) is 10.6 Å². The first-order chi connectivity index (χ1) is 13.8. The number of carbonyl (C=O) groups is 2. The normalized spacial score (nSPS) is 11.5. The number of pyridine rings is 1. The number of carbonyl (C=O) groups excluding carboxylic acids is 1. The first kappa shape index (κ1) is 21.7. The summed E-state index contributed by atoms with van der Waals surface area (Å²) in [4.78, 5) is 40.4. The molecule has 1 amide bonds. The molecule has 1 aromatic carbocycles. The van der Waals surface area contributed by atoms with Gasteiger partial charge in [-0.05, 0) is 37.5 Å². The third-order valence-corrected chi connectivity index (χ3v) is 4.25. The van der Waals surface area contributed by atoms with E-state index in [9.17, 15) is 19.5 Å². The quantitative estimate of drug-likeness (QED) is 0.273. The van der Waals surface area contributed by atoms with E-state index < -0.39 is 23.5 Å². The van der Waals surface area contributed by atoms with Gasteiger partial charge < -0.3 is 26.5 Å². The van der Waals surface area contributed by atoms with E-state index in [4.69, 9.17) is 11.5 Å². The summed E-state index contributed by atoms with van der Waals surface area (Å²) in [5.41, 5.74) is 11.8. The number of aryl methyl sites for hydroxylation is 1. The largest absolute Gasteiger partial charge is 0.480 e. The van der Waals surface area contributed by atoms with Crippen molar-refractivity contribution < 1.29 is 14.7 Å². The van der Waals surface area contributed by atoms with Crippen LogP contribution in [-0.4, -0.2) is 40.1 Å². The Morgan fingerprint density at radius 1 is 1.24 bits per heavy atom. The maximum Gasteiger partial charge on any atom is 0.326 e. The standard InChI is InChI=1S/C20H25N5O4/c1-13-5-2-6-14(11-13)12-25-10-4-7-15(18(25)27)17(26)24-16(19(28)29)8-3-9-23-20(21)22/h2,4-7,10-11,16H,3,8-9,12H2,1H3,(H,24,26)(H,28,29)(H4,21,22,23). The fourth-order valence-electron chi connectivity index (χ4n) is 2.84. The number of nitrogens with one attached hydrogen (secondary N) is 1. The summed E-state index contributed by atoms with van der Waals surface area (Å²) < 4.78 is 1.41. The summed E-state index contributed by atoms with van der Waals surface area (Å²) in [5, 5.41) is 11.7. The molecule has 9 heteroatoms. The summed E-state index contributed by atoms with van der Waals surface area (Å²) >= 11 is 0. The maximum absolute atomic E-state index is 12.7. The predicted molar refractivity (Wildman–Crippen MR) is 110 cm³/mol. The van der Waals surface area contributed by atoms with Crippen LogP contribution in [0, 0.1) is 6.92 Å². The molecule has 1 unspecified atom stereocenters. The van der Waals surface area contributed by atoms with Crippen molar-refractivity contribution >= 4 is 17.8 Å². The van der Waals surface area contributed by atoms with Gasteiger partial charge in [-0.15, -0.1) is 0 Å². The molecule has 6 N–H and O–H groups in total. The zero-order chi connectivity index (χ0) is 21.4. The van der Waals surface area contributed by atoms with Crippen LogP contribution in [0.25, 0.3) is 0 Å². The van der Waals surface area contributed by atoms with Gasteiger partial charge in [0.2, 0.25) is 0 Å². The Kier molecular flexibility index (Phi) is 7.53. The molecular formula is C20H25N5O4. The molecule has 0 bridgehead atoms. The second kappa shape index (κ2) is 10.1. The van der Waals surface area contributed by atoms with Crippen LogP contribution in [0.3, 0.4) is 0 Å². The Morgan fingerprint density at radius 3 is 2.66 bits per heavy atom. The molecule has 0 radical (unpaired) electrons. The summed E-state index contributed by atoms with van der Waals surface area (Å²) in [5.74, 6) is -2.01. The number of rotatable bonds is 9. The van der Waals surface area contributed by atoms with E-state index in [0.29, 0.717) is 13.0 Å². The lowest BCUT2D eigenvalue weighted by Crippen LogP contribution is -2.43. The van der Waals surface area contributed by atoms with Gasteiger partial charge in [-0.3, -0.25) is 14.6 Å². The van der Waals surface area contributed by atoms with Crippen LogP contribution in [-0.2, 0) is 11.3 Å². The molecule has 0 aliphatic heterocycles. The highest BCUT2D eigenvalue weighted by Crippen LogP contribution is 2.06. The Balaban J connectivity index is 2.12. The number of amides is 1. The van der Waals surface area contributed by atoms with E-state index in [1.54, 1.807) is 12.3 Å². The summed E-state index contributed by atoms with van der Waals surface area (Å²) in [6.07, 6.45) is 2.08. The van der Waals surface area contributed by atoms with Crippen molar-refractivity contribution in [2.45, 2.75) is 32.4 Å². The fraction of sp³-hybridized carbons (Fsp3) is 0.300. The highest BCUT2D eigenvalue weighted by atomic mass is 16.4. The number of nitrogens with zero attached hydrogens (tertiary/aromatic N) is 2. The molecule has 0 saturated carbocycles. The molecule has 0 saturated heterocycles. The molecule has 29 heavy (non-hydrogen) atoms. The minimum atomic E-state index is -1.20. The van der Waals surface area contributed by atoms with E-state index in [1.807, 2.05) is 31.2 Å². The average Bonchev–Trinajstić information content (AvgIpc) is 2.65. The Morgan fingerprint density at radius 2 is 2.00 bits per heavy atom. The SMILES string of the molecule is Cc1cccc(Cn2cccc(C(=O)NC(CCCN=C(N)N)C(=O)O)c2=O)c1. The van der Waals surface area contributed by atoms with Gasteiger partial charge in [0.1, 0.15) is 11.6 Å². The van der Waals surface area contributed by atoms with Crippen LogP contribution < -0.4 is 22.3 Å². The van der Waals surface area contributed by atoms with Gasteiger partial charge in [0.25, 0.3) is 11.5 Å². The first-order valence-corrected chi connectivity index (χ1v) is 9.12. The fourth-order valence-corrected chi connectivity index (χ4v) is 2.84. The Labute approximate surface area is 168 Å². The van der Waals surface area contributed by atoms with Crippen LogP contribution in [0.5, 0.6) is 0 Å². The van der Waals surface area contributed by atoms with Crippen LogP contribution in [0.4, 0.5) is 0 Å². The number of carboxylic acids is 1. The van der Waals surface area contributed by atoms with Gasteiger partial charge in [0, 0.05) is 12.7 Å². The van der Waals surface area contributed by atoms with Crippen molar-refractivity contribution in [2.24, 2.45) is 16.5 Å². The lowest BCUT2D eigenvalue weighted by molar-refractivity contribution is -0.139. The van der Waals surface area contributed by atoms with Gasteiger partial charge >= 0.3 is 5.97 Å². The van der Waals surface area contributed by atoms with E-state index in [0.717, 1.165) is 11.1 Å². The topological polar surface area (TPSA) is 153 Å². The number of aliphatic carboxylic acids is 1. The van der Waals surface area contributed by atoms with Crippen LogP contribution >= 0.6 is 0 Å². The maximum atomic E-state index is 12.7. The molecule has 1 atom stereocenters. The molecule has 154 valence electrons. The second-order valence-electron chi connectivity index (χ2n) is 6.66. The number of aromatic nitrogens is 1. The van der Waals surface area contributed by atoms with Crippen molar-refractivity contribution in [2.75, 3.05) is 6.54 Å². The Bertz CT molecular complexity index is 963. The highest BCUT2D eigenvalue weighted by Gasteiger charge is 2.22. The summed E-state index contributed by atoms with van der Waals surface area (Å²) in [6.45, 7) is 2.51. The average molecular weight is 399 g/mol. The third-order valence-electron chi connectivity index (χ3n) is 4.25. The number of guanidine groups is 1. The van der Waals surface area contributed by atoms with E-state index >= 15 is 0 Å². The van der Waals surface area contributed by atoms with Crippen LogP contribution in [0.15, 0.2) is 52.4 Å². The molecule has 1 heterocycles. The molecule has 0 spiro atoms. The number of aliphatic imine (C=N–C) groups is 1. The Hall–Kier alpha value is -3.62. The number of carboxylic acid groups (broad SMARTS) is 1. The third kappa shape index (κ3) is 6.49. The van der Waals surface area contributed by atoms with Gasteiger partial charge in [-0.25, -0.2) is 4.79 Å². The monoisotopic (exact) mass is 399 g/mol. The van der Waals surface area contributed by atoms with Crippen molar-refractivity contribution in [1.82, 2.24) is 9.88 Å². The van der Waals surface area contributed by atoms with Gasteiger partial charge in [0.15, 0.2) is 5.96 Å². The summed E-state index contributed by atoms with van der Waals surface area (Å²) in [6, 6.07) is 9.51. The number of nitrogens with two attached hydrogens (primary N) is 2. The molecule has 2 aromatic rings. The van der Waals surface area contributed by atoms with Crippen molar-refractivity contribution in [3.8, 4) is 0 Å². The van der Waals surface area contributed by atoms with Gasteiger partial charge in [0.05, 0.1) is 6.54 Å². The minimum absolute atomic E-state index is 0.0839. The van der Waals surface area contributed by atoms with Crippen molar-refractivity contribution in [3.05, 3.63) is 69.6 Å². The van der Waals surface area contributed by atoms with Crippen molar-refractivity contribution in [1.29, 1.82) is 0 Å². The lowest BCUT2D eigenvalue weighted by Gasteiger charge is -2.14. The lowest BCUT2D eigenvalue weighted by atomic mass is 10.1. The second-order valence-corrected chi connectivity index (χ2v) is 6.66.